The first kappa shape index (κ1) is 20.2. The van der Waals surface area contributed by atoms with Crippen molar-refractivity contribution in [3.8, 4) is 0 Å². The molecule has 134 valence electrons. The van der Waals surface area contributed by atoms with Crippen molar-refractivity contribution in [3.63, 3.8) is 0 Å². The molecular weight excluding hydrogens is 314 g/mol. The fraction of sp³-hybridized carbons (Fsp3) is 0.882. The molecule has 2 rings (SSSR count). The molecule has 5 nitrogen and oxygen atoms in total. The van der Waals surface area contributed by atoms with Crippen LogP contribution in [0.5, 0.6) is 0 Å². The van der Waals surface area contributed by atoms with Crippen LogP contribution in [-0.4, -0.2) is 30.4 Å². The Hall–Kier alpha value is -0.810. The molecule has 4 N–H and O–H groups in total. The number of carbonyl (C=O) groups is 2. The molecule has 2 amide bonds. The first-order chi connectivity index (χ1) is 10.6. The molecule has 2 saturated carbocycles. The van der Waals surface area contributed by atoms with Gasteiger partial charge in [0.05, 0.1) is 0 Å². The SMILES string of the molecule is CC(=O)NC(C(=O)NC(CN)C1CCCCC1)C1CCCC1.Cl. The molecule has 0 aromatic carbocycles. The van der Waals surface area contributed by atoms with E-state index in [0.29, 0.717) is 12.5 Å². The van der Waals surface area contributed by atoms with Gasteiger partial charge in [-0.3, -0.25) is 9.59 Å². The van der Waals surface area contributed by atoms with Gasteiger partial charge in [-0.15, -0.1) is 12.4 Å². The van der Waals surface area contributed by atoms with Gasteiger partial charge < -0.3 is 16.4 Å². The first-order valence-electron chi connectivity index (χ1n) is 8.89. The van der Waals surface area contributed by atoms with Crippen LogP contribution in [0.1, 0.15) is 64.7 Å². The van der Waals surface area contributed by atoms with Crippen LogP contribution in [0.25, 0.3) is 0 Å². The largest absolute Gasteiger partial charge is 0.350 e. The molecule has 0 heterocycles. The van der Waals surface area contributed by atoms with Gasteiger partial charge >= 0.3 is 0 Å². The second-order valence-electron chi connectivity index (χ2n) is 6.97. The average molecular weight is 346 g/mol. The Kier molecular flexibility index (Phi) is 8.92. The maximum atomic E-state index is 12.7. The smallest absolute Gasteiger partial charge is 0.243 e. The molecule has 0 aromatic heterocycles. The van der Waals surface area contributed by atoms with Crippen molar-refractivity contribution in [2.24, 2.45) is 17.6 Å². The number of nitrogens with two attached hydrogens (primary N) is 1. The predicted octanol–water partition coefficient (Wildman–Crippen LogP) is 2.13. The molecule has 2 aliphatic rings. The second kappa shape index (κ2) is 10.1. The standard InChI is InChI=1S/C17H31N3O2.ClH/c1-12(21)19-16(14-9-5-6-10-14)17(22)20-15(11-18)13-7-3-2-4-8-13;/h13-16H,2-11,18H2,1H3,(H,19,21)(H,20,22);1H. The van der Waals surface area contributed by atoms with Crippen LogP contribution < -0.4 is 16.4 Å². The molecule has 0 spiro atoms. The number of nitrogens with one attached hydrogen (secondary N) is 2. The van der Waals surface area contributed by atoms with Crippen LogP contribution >= 0.6 is 12.4 Å². The van der Waals surface area contributed by atoms with Crippen molar-refractivity contribution in [2.75, 3.05) is 6.54 Å². The summed E-state index contributed by atoms with van der Waals surface area (Å²) in [7, 11) is 0. The van der Waals surface area contributed by atoms with Crippen molar-refractivity contribution in [1.29, 1.82) is 0 Å². The van der Waals surface area contributed by atoms with Gasteiger partial charge in [-0.2, -0.15) is 0 Å². The van der Waals surface area contributed by atoms with E-state index in [4.69, 9.17) is 5.73 Å². The number of hydrogen-bond donors (Lipinski definition) is 3. The van der Waals surface area contributed by atoms with Gasteiger partial charge in [-0.05, 0) is 37.5 Å². The van der Waals surface area contributed by atoms with E-state index < -0.39 is 6.04 Å². The Morgan fingerprint density at radius 2 is 1.48 bits per heavy atom. The highest BCUT2D eigenvalue weighted by Gasteiger charge is 2.33. The summed E-state index contributed by atoms with van der Waals surface area (Å²) in [5.74, 6) is 0.593. The van der Waals surface area contributed by atoms with E-state index >= 15 is 0 Å². The summed E-state index contributed by atoms with van der Waals surface area (Å²) in [6.07, 6.45) is 10.4. The van der Waals surface area contributed by atoms with E-state index in [1.807, 2.05) is 0 Å². The summed E-state index contributed by atoms with van der Waals surface area (Å²) >= 11 is 0. The Bertz CT molecular complexity index is 380. The number of halogens is 1. The lowest BCUT2D eigenvalue weighted by atomic mass is 9.83. The van der Waals surface area contributed by atoms with Gasteiger partial charge in [0, 0.05) is 19.5 Å². The van der Waals surface area contributed by atoms with Crippen LogP contribution in [0.15, 0.2) is 0 Å². The van der Waals surface area contributed by atoms with E-state index in [-0.39, 0.29) is 36.2 Å². The Labute approximate surface area is 145 Å². The number of carbonyl (C=O) groups excluding carboxylic acids is 2. The molecular formula is C17H32ClN3O2. The number of rotatable bonds is 6. The summed E-state index contributed by atoms with van der Waals surface area (Å²) in [4.78, 5) is 24.2. The third kappa shape index (κ3) is 5.96. The molecule has 0 bridgehead atoms. The number of amides is 2. The van der Waals surface area contributed by atoms with Crippen LogP contribution in [0.4, 0.5) is 0 Å². The van der Waals surface area contributed by atoms with Crippen molar-refractivity contribution >= 4 is 24.2 Å². The van der Waals surface area contributed by atoms with Crippen molar-refractivity contribution in [3.05, 3.63) is 0 Å². The van der Waals surface area contributed by atoms with Crippen LogP contribution in [-0.2, 0) is 9.59 Å². The zero-order chi connectivity index (χ0) is 15.9. The lowest BCUT2D eigenvalue weighted by molar-refractivity contribution is -0.130. The molecule has 2 unspecified atom stereocenters. The van der Waals surface area contributed by atoms with Crippen molar-refractivity contribution in [1.82, 2.24) is 10.6 Å². The van der Waals surface area contributed by atoms with Gasteiger partial charge in [-0.1, -0.05) is 32.1 Å². The average Bonchev–Trinajstić information content (AvgIpc) is 3.04. The third-order valence-electron chi connectivity index (χ3n) is 5.31. The minimum Gasteiger partial charge on any atom is -0.350 e. The van der Waals surface area contributed by atoms with Gasteiger partial charge in [-0.25, -0.2) is 0 Å². The topological polar surface area (TPSA) is 84.2 Å². The van der Waals surface area contributed by atoms with Crippen LogP contribution in [0.2, 0.25) is 0 Å². The normalized spacial score (nSPS) is 22.0. The first-order valence-corrected chi connectivity index (χ1v) is 8.89. The lowest BCUT2D eigenvalue weighted by Crippen LogP contribution is -2.55. The molecule has 0 saturated heterocycles. The Morgan fingerprint density at radius 3 is 2.00 bits per heavy atom. The van der Waals surface area contributed by atoms with Crippen molar-refractivity contribution in [2.45, 2.75) is 76.8 Å². The van der Waals surface area contributed by atoms with Gasteiger partial charge in [0.15, 0.2) is 0 Å². The van der Waals surface area contributed by atoms with Gasteiger partial charge in [0.2, 0.25) is 11.8 Å². The van der Waals surface area contributed by atoms with E-state index in [1.165, 1.54) is 26.2 Å². The molecule has 0 aliphatic heterocycles. The molecule has 0 aromatic rings. The molecule has 23 heavy (non-hydrogen) atoms. The molecule has 2 aliphatic carbocycles. The Morgan fingerprint density at radius 1 is 0.957 bits per heavy atom. The highest BCUT2D eigenvalue weighted by atomic mass is 35.5. The summed E-state index contributed by atoms with van der Waals surface area (Å²) in [5, 5.41) is 6.00. The zero-order valence-electron chi connectivity index (χ0n) is 14.2. The number of hydrogen-bond acceptors (Lipinski definition) is 3. The maximum Gasteiger partial charge on any atom is 0.243 e. The monoisotopic (exact) mass is 345 g/mol. The summed E-state index contributed by atoms with van der Waals surface area (Å²) in [6, 6.07) is -0.344. The molecule has 0 radical (unpaired) electrons. The van der Waals surface area contributed by atoms with E-state index in [0.717, 1.165) is 38.5 Å². The van der Waals surface area contributed by atoms with Crippen molar-refractivity contribution < 1.29 is 9.59 Å². The van der Waals surface area contributed by atoms with E-state index in [9.17, 15) is 9.59 Å². The second-order valence-corrected chi connectivity index (χ2v) is 6.97. The zero-order valence-corrected chi connectivity index (χ0v) is 15.0. The molecule has 2 atom stereocenters. The fourth-order valence-corrected chi connectivity index (χ4v) is 4.09. The lowest BCUT2D eigenvalue weighted by Gasteiger charge is -2.32. The Balaban J connectivity index is 0.00000264. The van der Waals surface area contributed by atoms with E-state index in [1.54, 1.807) is 0 Å². The predicted molar refractivity (Wildman–Crippen MR) is 94.4 cm³/mol. The minimum atomic E-state index is -0.391. The third-order valence-corrected chi connectivity index (χ3v) is 5.31. The summed E-state index contributed by atoms with van der Waals surface area (Å²) in [6.45, 7) is 1.96. The van der Waals surface area contributed by atoms with E-state index in [2.05, 4.69) is 10.6 Å². The molecule has 6 heteroatoms. The highest BCUT2D eigenvalue weighted by molar-refractivity contribution is 5.87. The summed E-state index contributed by atoms with van der Waals surface area (Å²) in [5.41, 5.74) is 5.90. The minimum absolute atomic E-state index is 0. The molecule has 2 fully saturated rings. The van der Waals surface area contributed by atoms with Gasteiger partial charge in [0.25, 0.3) is 0 Å². The fourth-order valence-electron chi connectivity index (χ4n) is 4.09. The van der Waals surface area contributed by atoms with Crippen LogP contribution in [0, 0.1) is 11.8 Å². The maximum absolute atomic E-state index is 12.7. The van der Waals surface area contributed by atoms with Crippen LogP contribution in [0.3, 0.4) is 0 Å². The summed E-state index contributed by atoms with van der Waals surface area (Å²) < 4.78 is 0. The quantitative estimate of drug-likeness (QED) is 0.689. The highest BCUT2D eigenvalue weighted by Crippen LogP contribution is 2.29. The van der Waals surface area contributed by atoms with Gasteiger partial charge in [0.1, 0.15) is 6.04 Å².